The second kappa shape index (κ2) is 6.84. The molecule has 0 spiro atoms. The van der Waals surface area contributed by atoms with Gasteiger partial charge < -0.3 is 24.6 Å². The first-order valence-electron chi connectivity index (χ1n) is 7.56. The fraction of sp³-hybridized carbons (Fsp3) is 0.615. The molecule has 138 valence electrons. The maximum absolute atomic E-state index is 10.2. The average molecular weight is 389 g/mol. The van der Waals surface area contributed by atoms with E-state index >= 15 is 0 Å². The van der Waals surface area contributed by atoms with Gasteiger partial charge in [0.05, 0.1) is 19.0 Å². The number of fused-ring (bicyclic) bond motifs is 1. The second-order valence-corrected chi connectivity index (χ2v) is 8.43. The predicted molar refractivity (Wildman–Crippen MR) is 93.1 cm³/mol. The third-order valence-corrected chi connectivity index (χ3v) is 5.95. The molecule has 10 nitrogen and oxygen atoms in total. The molecule has 3 N–H and O–H groups in total. The molecule has 1 saturated heterocycles. The molecule has 3 heterocycles. The normalized spacial score (nSPS) is 29.1. The first-order chi connectivity index (χ1) is 11.9. The largest absolute Gasteiger partial charge is 0.382 e. The van der Waals surface area contributed by atoms with Crippen LogP contribution in [0.15, 0.2) is 12.7 Å². The van der Waals surface area contributed by atoms with Crippen LogP contribution in [0.1, 0.15) is 13.3 Å². The lowest BCUT2D eigenvalue weighted by molar-refractivity contribution is -0.130. The van der Waals surface area contributed by atoms with Crippen LogP contribution in [0.2, 0.25) is 0 Å². The summed E-state index contributed by atoms with van der Waals surface area (Å²) < 4.78 is 24.0. The third kappa shape index (κ3) is 3.06. The highest BCUT2D eigenvalue weighted by molar-refractivity contribution is 8.07. The van der Waals surface area contributed by atoms with Gasteiger partial charge in [0.25, 0.3) is 0 Å². The molecule has 0 radical (unpaired) electrons. The van der Waals surface area contributed by atoms with Gasteiger partial charge in [0.15, 0.2) is 17.2 Å². The van der Waals surface area contributed by atoms with E-state index in [-0.39, 0.29) is 18.5 Å². The van der Waals surface area contributed by atoms with Crippen LogP contribution in [0.25, 0.3) is 11.2 Å². The van der Waals surface area contributed by atoms with Crippen LogP contribution < -0.4 is 5.73 Å². The summed E-state index contributed by atoms with van der Waals surface area (Å²) in [6, 6.07) is 0. The monoisotopic (exact) mass is 389 g/mol. The number of rotatable bonds is 6. The van der Waals surface area contributed by atoms with Crippen molar-refractivity contribution < 1.29 is 23.4 Å². The maximum atomic E-state index is 10.2. The Morgan fingerprint density at radius 3 is 2.88 bits per heavy atom. The highest BCUT2D eigenvalue weighted by atomic mass is 32.5. The Labute approximate surface area is 149 Å². The molecule has 1 fully saturated rings. The summed E-state index contributed by atoms with van der Waals surface area (Å²) >= 11 is 5.02. The van der Waals surface area contributed by atoms with Crippen molar-refractivity contribution in [3.63, 3.8) is 0 Å². The van der Waals surface area contributed by atoms with E-state index in [0.29, 0.717) is 17.6 Å². The lowest BCUT2D eigenvalue weighted by Crippen LogP contribution is -2.48. The fourth-order valence-electron chi connectivity index (χ4n) is 2.97. The first kappa shape index (κ1) is 18.6. The fourth-order valence-corrected chi connectivity index (χ4v) is 3.92. The molecular formula is C13H20N5O5PS. The van der Waals surface area contributed by atoms with Crippen LogP contribution in [0, 0.1) is 0 Å². The molecule has 0 aliphatic carbocycles. The van der Waals surface area contributed by atoms with E-state index < -0.39 is 18.5 Å². The minimum atomic E-state index is -3.46. The van der Waals surface area contributed by atoms with Gasteiger partial charge in [0.2, 0.25) is 0 Å². The quantitative estimate of drug-likeness (QED) is 0.684. The number of nitrogens with zero attached hydrogens (tertiary/aromatic N) is 4. The van der Waals surface area contributed by atoms with Gasteiger partial charge in [-0.2, -0.15) is 0 Å². The van der Waals surface area contributed by atoms with Gasteiger partial charge in [-0.25, -0.2) is 15.0 Å². The van der Waals surface area contributed by atoms with Gasteiger partial charge >= 0.3 is 6.72 Å². The zero-order chi connectivity index (χ0) is 18.2. The summed E-state index contributed by atoms with van der Waals surface area (Å²) in [6.07, 6.45) is 2.41. The Morgan fingerprint density at radius 2 is 2.24 bits per heavy atom. The summed E-state index contributed by atoms with van der Waals surface area (Å²) in [6.45, 7) is -1.36. The molecule has 12 heteroatoms. The van der Waals surface area contributed by atoms with Crippen molar-refractivity contribution in [2.75, 3.05) is 26.6 Å². The molecule has 25 heavy (non-hydrogen) atoms. The van der Waals surface area contributed by atoms with E-state index in [1.54, 1.807) is 4.57 Å². The zero-order valence-electron chi connectivity index (χ0n) is 14.0. The lowest BCUT2D eigenvalue weighted by Gasteiger charge is -2.36. The standard InChI is InChI=1S/C13H20N5O5PS/c1-4-8-10(23-24(19,25)21-3)13(20-2,5-22-8)18-7-17-9-11(14)15-6-16-12(9)18/h6-8,10H,4-5H2,1-3H3,(H,19,25)(H2,14,15,16)/t8-,10+,13+,24?/m1/s1. The van der Waals surface area contributed by atoms with Crippen LogP contribution in [0.5, 0.6) is 0 Å². The average Bonchev–Trinajstić information content (AvgIpc) is 3.17. The van der Waals surface area contributed by atoms with Gasteiger partial charge in [0.1, 0.15) is 17.9 Å². The Hall–Kier alpha value is -1.20. The number of anilines is 1. The van der Waals surface area contributed by atoms with E-state index in [0.717, 1.165) is 0 Å². The molecule has 0 aromatic carbocycles. The molecule has 3 rings (SSSR count). The minimum Gasteiger partial charge on any atom is -0.382 e. The van der Waals surface area contributed by atoms with E-state index in [9.17, 15) is 4.89 Å². The molecule has 1 unspecified atom stereocenters. The van der Waals surface area contributed by atoms with E-state index in [4.69, 9.17) is 36.1 Å². The predicted octanol–water partition coefficient (Wildman–Crippen LogP) is 0.765. The highest BCUT2D eigenvalue weighted by Crippen LogP contribution is 2.50. The number of aromatic nitrogens is 4. The van der Waals surface area contributed by atoms with Gasteiger partial charge in [0, 0.05) is 14.2 Å². The molecule has 1 aliphatic heterocycles. The third-order valence-electron chi connectivity index (χ3n) is 4.29. The van der Waals surface area contributed by atoms with Crippen molar-refractivity contribution in [1.29, 1.82) is 0 Å². The lowest BCUT2D eigenvalue weighted by atomic mass is 10.0. The first-order valence-corrected chi connectivity index (χ1v) is 10.1. The van der Waals surface area contributed by atoms with Crippen LogP contribution in [-0.2, 0) is 36.1 Å². The highest BCUT2D eigenvalue weighted by Gasteiger charge is 2.55. The molecule has 2 aromatic rings. The van der Waals surface area contributed by atoms with Crippen LogP contribution in [-0.4, -0.2) is 57.4 Å². The number of imidazole rings is 1. The van der Waals surface area contributed by atoms with Crippen molar-refractivity contribution in [3.8, 4) is 0 Å². The van der Waals surface area contributed by atoms with Crippen LogP contribution >= 0.6 is 6.72 Å². The zero-order valence-corrected chi connectivity index (χ0v) is 15.7. The Morgan fingerprint density at radius 1 is 1.48 bits per heavy atom. The molecule has 2 aromatic heterocycles. The van der Waals surface area contributed by atoms with Crippen molar-refractivity contribution in [2.24, 2.45) is 0 Å². The SMILES string of the molecule is CC[C@H]1OC[C@@](OC)(n2cnc3c(N)ncnc32)[C@H]1OP(O)(=S)OC. The molecule has 4 atom stereocenters. The summed E-state index contributed by atoms with van der Waals surface area (Å²) in [5.74, 6) is 0.252. The van der Waals surface area contributed by atoms with Crippen molar-refractivity contribution in [3.05, 3.63) is 12.7 Å². The van der Waals surface area contributed by atoms with Crippen LogP contribution in [0.4, 0.5) is 5.82 Å². The number of nitrogen functional groups attached to an aromatic ring is 1. The van der Waals surface area contributed by atoms with Gasteiger partial charge in [-0.1, -0.05) is 6.92 Å². The molecule has 0 bridgehead atoms. The summed E-state index contributed by atoms with van der Waals surface area (Å²) in [4.78, 5) is 22.6. The molecule has 0 amide bonds. The van der Waals surface area contributed by atoms with Crippen molar-refractivity contribution in [1.82, 2.24) is 19.5 Å². The van der Waals surface area contributed by atoms with Crippen LogP contribution in [0.3, 0.4) is 0 Å². The van der Waals surface area contributed by atoms with Crippen molar-refractivity contribution in [2.45, 2.75) is 31.3 Å². The topological polar surface area (TPSA) is 127 Å². The molecule has 0 saturated carbocycles. The number of nitrogens with two attached hydrogens (primary N) is 1. The molecular weight excluding hydrogens is 369 g/mol. The number of hydrogen-bond acceptors (Lipinski definition) is 9. The number of hydrogen-bond donors (Lipinski definition) is 2. The minimum absolute atomic E-state index is 0.154. The van der Waals surface area contributed by atoms with E-state index in [1.165, 1.54) is 26.9 Å². The Balaban J connectivity index is 2.13. The molecule has 1 aliphatic rings. The van der Waals surface area contributed by atoms with E-state index in [1.807, 2.05) is 6.92 Å². The maximum Gasteiger partial charge on any atom is 0.324 e. The Bertz CT molecular complexity index is 819. The Kier molecular flexibility index (Phi) is 5.09. The number of methoxy groups -OCH3 is 1. The van der Waals surface area contributed by atoms with Gasteiger partial charge in [-0.05, 0) is 18.2 Å². The van der Waals surface area contributed by atoms with E-state index in [2.05, 4.69) is 15.0 Å². The second-order valence-electron chi connectivity index (χ2n) is 5.53. The summed E-state index contributed by atoms with van der Waals surface area (Å²) in [7, 11) is 2.81. The smallest absolute Gasteiger partial charge is 0.324 e. The summed E-state index contributed by atoms with van der Waals surface area (Å²) in [5, 5.41) is 0. The van der Waals surface area contributed by atoms with Gasteiger partial charge in [-0.15, -0.1) is 0 Å². The summed E-state index contributed by atoms with van der Waals surface area (Å²) in [5.41, 5.74) is 5.63. The van der Waals surface area contributed by atoms with Gasteiger partial charge in [-0.3, -0.25) is 9.09 Å². The van der Waals surface area contributed by atoms with Crippen molar-refractivity contribution >= 4 is 35.5 Å². The number of ether oxygens (including phenoxy) is 2.